The average Bonchev–Trinajstić information content (AvgIpc) is 3.06. The molecule has 1 N–H and O–H groups in total. The summed E-state index contributed by atoms with van der Waals surface area (Å²) in [6.45, 7) is 0. The summed E-state index contributed by atoms with van der Waals surface area (Å²) in [5, 5.41) is 4.32. The van der Waals surface area contributed by atoms with E-state index in [2.05, 4.69) is 10.1 Å². The van der Waals surface area contributed by atoms with Gasteiger partial charge in [-0.05, 0) is 29.7 Å². The van der Waals surface area contributed by atoms with Gasteiger partial charge in [0.1, 0.15) is 10.6 Å². The Hall–Kier alpha value is -2.34. The number of carbonyl (C=O) groups excluding carboxylic acids is 2. The smallest absolute Gasteiger partial charge is 0.350 e. The number of thiophene rings is 1. The van der Waals surface area contributed by atoms with Gasteiger partial charge in [0.15, 0.2) is 0 Å². The fourth-order valence-electron chi connectivity index (χ4n) is 1.38. The fraction of sp³-hybridized carbons (Fsp3) is 0.0769. The summed E-state index contributed by atoms with van der Waals surface area (Å²) in [4.78, 5) is 23.5. The van der Waals surface area contributed by atoms with Gasteiger partial charge in [-0.3, -0.25) is 4.79 Å². The molecule has 5 nitrogen and oxygen atoms in total. The topological polar surface area (TPSA) is 68.5 Å². The number of nitrogens with one attached hydrogen (secondary N) is 1. The second-order valence-electron chi connectivity index (χ2n) is 3.49. The van der Waals surface area contributed by atoms with Crippen molar-refractivity contribution >= 4 is 35.0 Å². The Morgan fingerprint density at radius 1 is 1.42 bits per heavy atom. The fourth-order valence-corrected chi connectivity index (χ4v) is 2.14. The van der Waals surface area contributed by atoms with Gasteiger partial charge in [0.2, 0.25) is 5.91 Å². The van der Waals surface area contributed by atoms with Crippen molar-refractivity contribution in [3.8, 4) is 0 Å². The van der Waals surface area contributed by atoms with Crippen LogP contribution >= 0.6 is 11.3 Å². The van der Waals surface area contributed by atoms with Crippen LogP contribution < -0.4 is 5.32 Å². The second-order valence-corrected chi connectivity index (χ2v) is 4.41. The number of furan rings is 1. The molecule has 0 spiro atoms. The predicted molar refractivity (Wildman–Crippen MR) is 72.0 cm³/mol. The van der Waals surface area contributed by atoms with E-state index in [1.165, 1.54) is 30.8 Å². The predicted octanol–water partition coefficient (Wildman–Crippen LogP) is 2.78. The largest absolute Gasteiger partial charge is 0.465 e. The molecule has 2 heterocycles. The number of hydrogen-bond donors (Lipinski definition) is 1. The monoisotopic (exact) mass is 277 g/mol. The molecule has 0 radical (unpaired) electrons. The Balaban J connectivity index is 2.03. The molecule has 0 fully saturated rings. The maximum atomic E-state index is 11.7. The molecule has 2 rings (SSSR count). The van der Waals surface area contributed by atoms with Gasteiger partial charge < -0.3 is 14.5 Å². The number of ether oxygens (including phenoxy) is 1. The van der Waals surface area contributed by atoms with Crippen LogP contribution in [0.2, 0.25) is 0 Å². The first-order valence-electron chi connectivity index (χ1n) is 5.39. The Kier molecular flexibility index (Phi) is 4.15. The van der Waals surface area contributed by atoms with E-state index < -0.39 is 5.97 Å². The molecular formula is C13H11NO4S. The molecule has 19 heavy (non-hydrogen) atoms. The number of carbonyl (C=O) groups is 2. The minimum Gasteiger partial charge on any atom is -0.465 e. The maximum absolute atomic E-state index is 11.7. The first-order chi connectivity index (χ1) is 9.20. The SMILES string of the molecule is COC(=O)c1sccc1NC(=O)/C=C/c1ccco1. The zero-order valence-corrected chi connectivity index (χ0v) is 10.9. The molecule has 2 aromatic rings. The van der Waals surface area contributed by atoms with Crippen molar-refractivity contribution in [3.05, 3.63) is 46.6 Å². The molecule has 2 aromatic heterocycles. The van der Waals surface area contributed by atoms with Gasteiger partial charge in [-0.15, -0.1) is 11.3 Å². The van der Waals surface area contributed by atoms with Gasteiger partial charge in [0, 0.05) is 6.08 Å². The number of rotatable bonds is 4. The molecule has 98 valence electrons. The zero-order valence-electron chi connectivity index (χ0n) is 10.1. The van der Waals surface area contributed by atoms with E-state index in [-0.39, 0.29) is 5.91 Å². The van der Waals surface area contributed by atoms with E-state index in [9.17, 15) is 9.59 Å². The number of methoxy groups -OCH3 is 1. The Morgan fingerprint density at radius 2 is 2.26 bits per heavy atom. The normalized spacial score (nSPS) is 10.6. The Bertz CT molecular complexity index is 598. The summed E-state index contributed by atoms with van der Waals surface area (Å²) in [6.07, 6.45) is 4.39. The van der Waals surface area contributed by atoms with E-state index >= 15 is 0 Å². The van der Waals surface area contributed by atoms with Crippen molar-refractivity contribution in [2.75, 3.05) is 12.4 Å². The van der Waals surface area contributed by atoms with E-state index in [4.69, 9.17) is 4.42 Å². The molecule has 0 saturated carbocycles. The number of hydrogen-bond acceptors (Lipinski definition) is 5. The van der Waals surface area contributed by atoms with Crippen molar-refractivity contribution < 1.29 is 18.7 Å². The standard InChI is InChI=1S/C13H11NO4S/c1-17-13(16)12-10(6-8-19-12)14-11(15)5-4-9-3-2-7-18-9/h2-8H,1H3,(H,14,15)/b5-4+. The van der Waals surface area contributed by atoms with Crippen molar-refractivity contribution in [2.24, 2.45) is 0 Å². The van der Waals surface area contributed by atoms with E-state index in [1.807, 2.05) is 0 Å². The molecule has 0 unspecified atom stereocenters. The summed E-state index contributed by atoms with van der Waals surface area (Å²) in [6, 6.07) is 5.11. The van der Waals surface area contributed by atoms with Crippen LogP contribution in [-0.2, 0) is 9.53 Å². The van der Waals surface area contributed by atoms with Crippen molar-refractivity contribution in [1.29, 1.82) is 0 Å². The molecule has 0 saturated heterocycles. The van der Waals surface area contributed by atoms with Crippen LogP contribution in [0.25, 0.3) is 6.08 Å². The van der Waals surface area contributed by atoms with Crippen molar-refractivity contribution in [2.45, 2.75) is 0 Å². The van der Waals surface area contributed by atoms with Gasteiger partial charge in [-0.1, -0.05) is 0 Å². The molecule has 0 aliphatic rings. The quantitative estimate of drug-likeness (QED) is 0.689. The average molecular weight is 277 g/mol. The van der Waals surface area contributed by atoms with Crippen molar-refractivity contribution in [1.82, 2.24) is 0 Å². The number of esters is 1. The Morgan fingerprint density at radius 3 is 2.95 bits per heavy atom. The van der Waals surface area contributed by atoms with Crippen LogP contribution in [0.15, 0.2) is 40.3 Å². The van der Waals surface area contributed by atoms with E-state index in [0.717, 1.165) is 0 Å². The summed E-state index contributed by atoms with van der Waals surface area (Å²) >= 11 is 1.21. The molecule has 0 atom stereocenters. The highest BCUT2D eigenvalue weighted by Crippen LogP contribution is 2.23. The number of amides is 1. The van der Waals surface area contributed by atoms with Crippen LogP contribution in [0.3, 0.4) is 0 Å². The van der Waals surface area contributed by atoms with Gasteiger partial charge in [-0.25, -0.2) is 4.79 Å². The lowest BCUT2D eigenvalue weighted by molar-refractivity contribution is -0.111. The Labute approximate surface area is 113 Å². The van der Waals surface area contributed by atoms with E-state index in [0.29, 0.717) is 16.3 Å². The first kappa shape index (κ1) is 13.1. The van der Waals surface area contributed by atoms with Gasteiger partial charge in [0.05, 0.1) is 19.1 Å². The highest BCUT2D eigenvalue weighted by atomic mass is 32.1. The highest BCUT2D eigenvalue weighted by Gasteiger charge is 2.14. The lowest BCUT2D eigenvalue weighted by Crippen LogP contribution is -2.10. The van der Waals surface area contributed by atoms with Gasteiger partial charge >= 0.3 is 5.97 Å². The molecule has 1 amide bonds. The minimum atomic E-state index is -0.472. The third kappa shape index (κ3) is 3.32. The molecular weight excluding hydrogens is 266 g/mol. The third-order valence-electron chi connectivity index (χ3n) is 2.24. The molecule has 0 aromatic carbocycles. The lowest BCUT2D eigenvalue weighted by atomic mass is 10.3. The van der Waals surface area contributed by atoms with Gasteiger partial charge in [-0.2, -0.15) is 0 Å². The minimum absolute atomic E-state index is 0.347. The van der Waals surface area contributed by atoms with Crippen LogP contribution in [-0.4, -0.2) is 19.0 Å². The van der Waals surface area contributed by atoms with E-state index in [1.54, 1.807) is 29.7 Å². The van der Waals surface area contributed by atoms with Gasteiger partial charge in [0.25, 0.3) is 0 Å². The summed E-state index contributed by atoms with van der Waals surface area (Å²) in [7, 11) is 1.30. The first-order valence-corrected chi connectivity index (χ1v) is 6.27. The third-order valence-corrected chi connectivity index (χ3v) is 3.13. The molecule has 0 bridgehead atoms. The summed E-state index contributed by atoms with van der Waals surface area (Å²) in [5.74, 6) is -0.242. The maximum Gasteiger partial charge on any atom is 0.350 e. The lowest BCUT2D eigenvalue weighted by Gasteiger charge is -2.02. The van der Waals surface area contributed by atoms with Crippen LogP contribution in [0.4, 0.5) is 5.69 Å². The highest BCUT2D eigenvalue weighted by molar-refractivity contribution is 7.12. The van der Waals surface area contributed by atoms with Crippen LogP contribution in [0.1, 0.15) is 15.4 Å². The number of anilines is 1. The van der Waals surface area contributed by atoms with Crippen LogP contribution in [0.5, 0.6) is 0 Å². The summed E-state index contributed by atoms with van der Waals surface area (Å²) in [5.41, 5.74) is 0.436. The zero-order chi connectivity index (χ0) is 13.7. The van der Waals surface area contributed by atoms with Crippen LogP contribution in [0, 0.1) is 0 Å². The molecule has 6 heteroatoms. The van der Waals surface area contributed by atoms with Crippen molar-refractivity contribution in [3.63, 3.8) is 0 Å². The summed E-state index contributed by atoms with van der Waals surface area (Å²) < 4.78 is 9.68. The molecule has 0 aliphatic heterocycles. The molecule has 0 aliphatic carbocycles. The second kappa shape index (κ2) is 6.01.